The zero-order valence-corrected chi connectivity index (χ0v) is 9.86. The number of hydrogen-bond donors (Lipinski definition) is 2. The summed E-state index contributed by atoms with van der Waals surface area (Å²) in [6, 6.07) is 9.80. The van der Waals surface area contributed by atoms with E-state index < -0.39 is 0 Å². The molecule has 2 aromatic rings. The highest BCUT2D eigenvalue weighted by Crippen LogP contribution is 2.15. The van der Waals surface area contributed by atoms with E-state index in [4.69, 9.17) is 0 Å². The second kappa shape index (κ2) is 5.34. The van der Waals surface area contributed by atoms with Crippen molar-refractivity contribution in [2.75, 3.05) is 5.32 Å². The minimum atomic E-state index is 0.0190. The van der Waals surface area contributed by atoms with Gasteiger partial charge in [0.15, 0.2) is 0 Å². The van der Waals surface area contributed by atoms with Crippen molar-refractivity contribution in [3.05, 3.63) is 53.9 Å². The molecule has 0 aliphatic heterocycles. The number of hydrogen-bond acceptors (Lipinski definition) is 1. The zero-order chi connectivity index (χ0) is 12.1. The van der Waals surface area contributed by atoms with Crippen LogP contribution in [0, 0.1) is 0 Å². The number of anilines is 1. The molecule has 17 heavy (non-hydrogen) atoms. The lowest BCUT2D eigenvalue weighted by Crippen LogP contribution is -2.15. The van der Waals surface area contributed by atoms with E-state index in [9.17, 15) is 4.79 Å². The first-order chi connectivity index (χ1) is 8.29. The Morgan fingerprint density at radius 2 is 2.12 bits per heavy atom. The molecule has 0 fully saturated rings. The fourth-order valence-corrected chi connectivity index (χ4v) is 1.80. The number of amides is 1. The molecule has 1 heterocycles. The summed E-state index contributed by atoms with van der Waals surface area (Å²) in [6.07, 6.45) is 4.98. The van der Waals surface area contributed by atoms with Gasteiger partial charge in [-0.2, -0.15) is 0 Å². The minimum absolute atomic E-state index is 0.0190. The highest BCUT2D eigenvalue weighted by atomic mass is 16.1. The molecular formula is C14H16N2O. The van der Waals surface area contributed by atoms with Crippen molar-refractivity contribution in [3.8, 4) is 0 Å². The summed E-state index contributed by atoms with van der Waals surface area (Å²) in [5, 5.41) is 2.95. The molecule has 3 heteroatoms. The van der Waals surface area contributed by atoms with Crippen LogP contribution >= 0.6 is 0 Å². The standard InChI is InChI=1S/C14H16N2O/c1-2-12-5-3-4-6-13(12)16-14(17)9-11-7-8-15-10-11/h3-8,10,15H,2,9H2,1H3,(H,16,17). The molecule has 0 bridgehead atoms. The van der Waals surface area contributed by atoms with E-state index in [0.717, 1.165) is 23.2 Å². The summed E-state index contributed by atoms with van der Waals surface area (Å²) in [4.78, 5) is 14.8. The molecule has 1 aromatic heterocycles. The van der Waals surface area contributed by atoms with Crippen molar-refractivity contribution in [2.24, 2.45) is 0 Å². The summed E-state index contributed by atoms with van der Waals surface area (Å²) < 4.78 is 0. The maximum atomic E-state index is 11.8. The van der Waals surface area contributed by atoms with Gasteiger partial charge in [-0.3, -0.25) is 4.79 Å². The van der Waals surface area contributed by atoms with E-state index in [-0.39, 0.29) is 5.91 Å². The van der Waals surface area contributed by atoms with Gasteiger partial charge in [-0.15, -0.1) is 0 Å². The molecule has 88 valence electrons. The zero-order valence-electron chi connectivity index (χ0n) is 9.86. The number of para-hydroxylation sites is 1. The lowest BCUT2D eigenvalue weighted by Gasteiger charge is -2.08. The summed E-state index contributed by atoms with van der Waals surface area (Å²) in [5.41, 5.74) is 3.07. The molecule has 2 rings (SSSR count). The van der Waals surface area contributed by atoms with Crippen molar-refractivity contribution in [3.63, 3.8) is 0 Å². The van der Waals surface area contributed by atoms with Crippen molar-refractivity contribution in [2.45, 2.75) is 19.8 Å². The van der Waals surface area contributed by atoms with Gasteiger partial charge >= 0.3 is 0 Å². The Balaban J connectivity index is 2.03. The van der Waals surface area contributed by atoms with Crippen LogP contribution in [0.25, 0.3) is 0 Å². The van der Waals surface area contributed by atoms with Crippen molar-refractivity contribution in [1.29, 1.82) is 0 Å². The van der Waals surface area contributed by atoms with Gasteiger partial charge in [0, 0.05) is 18.1 Å². The van der Waals surface area contributed by atoms with E-state index in [1.165, 1.54) is 0 Å². The predicted octanol–water partition coefficient (Wildman–Crippen LogP) is 2.76. The molecular weight excluding hydrogens is 212 g/mol. The molecule has 0 atom stereocenters. The van der Waals surface area contributed by atoms with Gasteiger partial charge in [0.2, 0.25) is 5.91 Å². The van der Waals surface area contributed by atoms with Crippen LogP contribution in [0.5, 0.6) is 0 Å². The lowest BCUT2D eigenvalue weighted by atomic mass is 10.1. The largest absolute Gasteiger partial charge is 0.367 e. The summed E-state index contributed by atoms with van der Waals surface area (Å²) >= 11 is 0. The number of aromatic nitrogens is 1. The van der Waals surface area contributed by atoms with Crippen molar-refractivity contribution in [1.82, 2.24) is 4.98 Å². The van der Waals surface area contributed by atoms with Gasteiger partial charge in [0.05, 0.1) is 6.42 Å². The maximum Gasteiger partial charge on any atom is 0.228 e. The molecule has 0 aliphatic rings. The maximum absolute atomic E-state index is 11.8. The highest BCUT2D eigenvalue weighted by Gasteiger charge is 2.06. The van der Waals surface area contributed by atoms with E-state index in [1.54, 1.807) is 0 Å². The van der Waals surface area contributed by atoms with Crippen LogP contribution in [-0.4, -0.2) is 10.9 Å². The SMILES string of the molecule is CCc1ccccc1NC(=O)Cc1cc[nH]c1. The van der Waals surface area contributed by atoms with Gasteiger partial charge in [-0.1, -0.05) is 25.1 Å². The number of carbonyl (C=O) groups is 1. The summed E-state index contributed by atoms with van der Waals surface area (Å²) in [5.74, 6) is 0.0190. The van der Waals surface area contributed by atoms with Crippen LogP contribution in [0.15, 0.2) is 42.7 Å². The Morgan fingerprint density at radius 3 is 2.82 bits per heavy atom. The van der Waals surface area contributed by atoms with Crippen molar-refractivity contribution < 1.29 is 4.79 Å². The Kier molecular flexibility index (Phi) is 3.60. The van der Waals surface area contributed by atoms with Gasteiger partial charge in [0.25, 0.3) is 0 Å². The van der Waals surface area contributed by atoms with E-state index in [2.05, 4.69) is 17.2 Å². The smallest absolute Gasteiger partial charge is 0.228 e. The second-order valence-electron chi connectivity index (χ2n) is 3.95. The third-order valence-corrected chi connectivity index (χ3v) is 2.70. The van der Waals surface area contributed by atoms with E-state index >= 15 is 0 Å². The molecule has 0 saturated heterocycles. The number of carbonyl (C=O) groups excluding carboxylic acids is 1. The molecule has 3 nitrogen and oxygen atoms in total. The number of nitrogens with one attached hydrogen (secondary N) is 2. The minimum Gasteiger partial charge on any atom is -0.367 e. The number of aryl methyl sites for hydroxylation is 1. The fourth-order valence-electron chi connectivity index (χ4n) is 1.80. The van der Waals surface area contributed by atoms with Gasteiger partial charge in [-0.25, -0.2) is 0 Å². The topological polar surface area (TPSA) is 44.9 Å². The van der Waals surface area contributed by atoms with Gasteiger partial charge in [0.1, 0.15) is 0 Å². The van der Waals surface area contributed by atoms with Gasteiger partial charge in [-0.05, 0) is 29.7 Å². The van der Waals surface area contributed by atoms with E-state index in [1.807, 2.05) is 42.7 Å². The van der Waals surface area contributed by atoms with E-state index in [0.29, 0.717) is 6.42 Å². The normalized spacial score (nSPS) is 10.2. The van der Waals surface area contributed by atoms with Crippen molar-refractivity contribution >= 4 is 11.6 Å². The molecule has 0 aliphatic carbocycles. The lowest BCUT2D eigenvalue weighted by molar-refractivity contribution is -0.115. The molecule has 0 saturated carbocycles. The van der Waals surface area contributed by atoms with Gasteiger partial charge < -0.3 is 10.3 Å². The van der Waals surface area contributed by atoms with Crippen LogP contribution in [0.3, 0.4) is 0 Å². The molecule has 0 spiro atoms. The Labute approximate surface area is 101 Å². The Bertz CT molecular complexity index is 489. The Hall–Kier alpha value is -2.03. The summed E-state index contributed by atoms with van der Waals surface area (Å²) in [7, 11) is 0. The molecule has 1 aromatic carbocycles. The predicted molar refractivity (Wildman–Crippen MR) is 68.9 cm³/mol. The monoisotopic (exact) mass is 228 g/mol. The number of rotatable bonds is 4. The first-order valence-electron chi connectivity index (χ1n) is 5.79. The first-order valence-corrected chi connectivity index (χ1v) is 5.79. The average molecular weight is 228 g/mol. The summed E-state index contributed by atoms with van der Waals surface area (Å²) in [6.45, 7) is 2.08. The van der Waals surface area contributed by atoms with Crippen LogP contribution in [0.4, 0.5) is 5.69 Å². The third-order valence-electron chi connectivity index (χ3n) is 2.70. The number of benzene rings is 1. The quantitative estimate of drug-likeness (QED) is 0.830. The molecule has 0 radical (unpaired) electrons. The number of aromatic amines is 1. The molecule has 2 N–H and O–H groups in total. The second-order valence-corrected chi connectivity index (χ2v) is 3.95. The Morgan fingerprint density at radius 1 is 1.29 bits per heavy atom. The molecule has 1 amide bonds. The first kappa shape index (κ1) is 11.5. The van der Waals surface area contributed by atoms with Crippen LogP contribution < -0.4 is 5.32 Å². The number of H-pyrrole nitrogens is 1. The van der Waals surface area contributed by atoms with Crippen LogP contribution in [0.1, 0.15) is 18.1 Å². The highest BCUT2D eigenvalue weighted by molar-refractivity contribution is 5.92. The average Bonchev–Trinajstić information content (AvgIpc) is 2.82. The van der Waals surface area contributed by atoms with Crippen LogP contribution in [-0.2, 0) is 17.6 Å². The van der Waals surface area contributed by atoms with Crippen LogP contribution in [0.2, 0.25) is 0 Å². The third kappa shape index (κ3) is 2.97. The molecule has 0 unspecified atom stereocenters. The fraction of sp³-hybridized carbons (Fsp3) is 0.214.